The molecule has 0 radical (unpaired) electrons. The van der Waals surface area contributed by atoms with Crippen LogP contribution in [0.1, 0.15) is 63.1 Å². The standard InChI is InChI=1S/C41H45F3N8O5S/c1-25(2)31-21-30(52-39(58)51(38(56)40(52,3)4)29-9-8-26(23-45)32(22-29)41(42,43)44)10-12-34(31)57-19-18-49-14-16-50(17-15-49)24-36(54)47-28-7-5-6-27(20-28)46-33-11-13-35(53)48-37(33)55/h5-10,12,20-22,25,33,46H,11,13-19,24H2,1-4H3,(H,47,54)(H,48,53,55). The van der Waals surface area contributed by atoms with E-state index in [4.69, 9.17) is 17.0 Å². The lowest BCUT2D eigenvalue weighted by atomic mass is 9.98. The third-order valence-corrected chi connectivity index (χ3v) is 10.8. The predicted molar refractivity (Wildman–Crippen MR) is 217 cm³/mol. The van der Waals surface area contributed by atoms with Crippen molar-refractivity contribution in [3.63, 3.8) is 0 Å². The Kier molecular flexibility index (Phi) is 12.4. The number of amides is 4. The highest BCUT2D eigenvalue weighted by molar-refractivity contribution is 7.81. The van der Waals surface area contributed by atoms with Crippen LogP contribution in [-0.4, -0.2) is 96.0 Å². The summed E-state index contributed by atoms with van der Waals surface area (Å²) in [5.74, 6) is -0.625. The summed E-state index contributed by atoms with van der Waals surface area (Å²) in [6.45, 7) is 11.5. The maximum Gasteiger partial charge on any atom is 0.417 e. The third kappa shape index (κ3) is 9.25. The molecule has 1 atom stereocenters. The molecule has 3 aromatic carbocycles. The molecular formula is C41H45F3N8O5S. The summed E-state index contributed by atoms with van der Waals surface area (Å²) >= 11 is 5.73. The van der Waals surface area contributed by atoms with Crippen LogP contribution in [0.5, 0.6) is 5.75 Å². The van der Waals surface area contributed by atoms with Crippen LogP contribution in [0.4, 0.5) is 35.9 Å². The maximum absolute atomic E-state index is 13.8. The number of thiocarbonyl (C=S) groups is 1. The molecule has 13 nitrogen and oxygen atoms in total. The predicted octanol–water partition coefficient (Wildman–Crippen LogP) is 5.47. The highest BCUT2D eigenvalue weighted by Gasteiger charge is 2.51. The van der Waals surface area contributed by atoms with E-state index in [1.54, 1.807) is 55.1 Å². The van der Waals surface area contributed by atoms with Gasteiger partial charge in [-0.2, -0.15) is 18.4 Å². The van der Waals surface area contributed by atoms with E-state index in [1.165, 1.54) is 6.07 Å². The Bertz CT molecular complexity index is 2150. The normalized spacial score (nSPS) is 19.0. The average molecular weight is 819 g/mol. The van der Waals surface area contributed by atoms with E-state index in [9.17, 15) is 37.6 Å². The first kappa shape index (κ1) is 42.0. The molecule has 6 rings (SSSR count). The topological polar surface area (TPSA) is 150 Å². The molecule has 17 heteroatoms. The van der Waals surface area contributed by atoms with Gasteiger partial charge in [0, 0.05) is 56.2 Å². The number of nitrogens with one attached hydrogen (secondary N) is 3. The molecule has 1 unspecified atom stereocenters. The number of carbonyl (C=O) groups is 4. The first-order chi connectivity index (χ1) is 27.5. The fraction of sp³-hybridized carbons (Fsp3) is 0.415. The second kappa shape index (κ2) is 17.1. The number of piperazine rings is 1. The molecule has 3 fully saturated rings. The fourth-order valence-corrected chi connectivity index (χ4v) is 7.82. The van der Waals surface area contributed by atoms with Crippen molar-refractivity contribution in [2.24, 2.45) is 0 Å². The molecule has 3 aliphatic rings. The van der Waals surface area contributed by atoms with Crippen LogP contribution in [-0.2, 0) is 25.4 Å². The molecule has 3 aliphatic heterocycles. The minimum absolute atomic E-state index is 0.0152. The molecule has 58 heavy (non-hydrogen) atoms. The number of halogens is 3. The summed E-state index contributed by atoms with van der Waals surface area (Å²) in [4.78, 5) is 57.3. The molecule has 4 amide bonds. The van der Waals surface area contributed by atoms with Crippen LogP contribution in [0.3, 0.4) is 0 Å². The molecule has 0 saturated carbocycles. The number of benzene rings is 3. The van der Waals surface area contributed by atoms with Crippen LogP contribution in [0.25, 0.3) is 0 Å². The highest BCUT2D eigenvalue weighted by Crippen LogP contribution is 2.41. The van der Waals surface area contributed by atoms with Gasteiger partial charge in [-0.3, -0.25) is 39.2 Å². The number of nitrogens with zero attached hydrogens (tertiary/aromatic N) is 5. The Morgan fingerprint density at radius 1 is 1.00 bits per heavy atom. The Labute approximate surface area is 340 Å². The van der Waals surface area contributed by atoms with Crippen molar-refractivity contribution in [1.82, 2.24) is 15.1 Å². The first-order valence-corrected chi connectivity index (χ1v) is 19.4. The second-order valence-electron chi connectivity index (χ2n) is 15.3. The number of imide groups is 1. The van der Waals surface area contributed by atoms with Crippen LogP contribution in [0.2, 0.25) is 0 Å². The molecular weight excluding hydrogens is 774 g/mol. The molecule has 3 saturated heterocycles. The second-order valence-corrected chi connectivity index (χ2v) is 15.6. The van der Waals surface area contributed by atoms with Gasteiger partial charge in [-0.05, 0) is 98.6 Å². The largest absolute Gasteiger partial charge is 0.492 e. The van der Waals surface area contributed by atoms with Crippen LogP contribution in [0, 0.1) is 11.3 Å². The van der Waals surface area contributed by atoms with Gasteiger partial charge in [0.2, 0.25) is 17.7 Å². The summed E-state index contributed by atoms with van der Waals surface area (Å²) in [6, 6.07) is 16.7. The fourth-order valence-electron chi connectivity index (χ4n) is 7.30. The zero-order valence-electron chi connectivity index (χ0n) is 32.6. The molecule has 3 N–H and O–H groups in total. The molecule has 306 valence electrons. The van der Waals surface area contributed by atoms with Crippen LogP contribution >= 0.6 is 12.2 Å². The maximum atomic E-state index is 13.8. The Hall–Kier alpha value is -5.57. The number of piperidine rings is 1. The summed E-state index contributed by atoms with van der Waals surface area (Å²) < 4.78 is 47.7. The molecule has 0 spiro atoms. The summed E-state index contributed by atoms with van der Waals surface area (Å²) in [7, 11) is 0. The number of alkyl halides is 3. The summed E-state index contributed by atoms with van der Waals surface area (Å²) in [5, 5.41) is 17.6. The molecule has 3 aromatic rings. The summed E-state index contributed by atoms with van der Waals surface area (Å²) in [6.07, 6.45) is -4.14. The zero-order chi connectivity index (χ0) is 41.9. The van der Waals surface area contributed by atoms with Crippen molar-refractivity contribution in [2.45, 2.75) is 64.2 Å². The number of hydrogen-bond acceptors (Lipinski definition) is 10. The van der Waals surface area contributed by atoms with Gasteiger partial charge < -0.3 is 20.3 Å². The lowest BCUT2D eigenvalue weighted by Gasteiger charge is -2.34. The highest BCUT2D eigenvalue weighted by atomic mass is 32.1. The van der Waals surface area contributed by atoms with E-state index in [0.717, 1.165) is 35.7 Å². The quantitative estimate of drug-likeness (QED) is 0.158. The SMILES string of the molecule is CC(C)c1cc(N2C(=S)N(c3ccc(C#N)c(C(F)(F)F)c3)C(=O)C2(C)C)ccc1OCCN1CCN(CC(=O)Nc2cccc(NC3CCC(=O)NC3=O)c2)CC1. The Balaban J connectivity index is 1.01. The lowest BCUT2D eigenvalue weighted by molar-refractivity contribution is -0.138. The van der Waals surface area contributed by atoms with Gasteiger partial charge in [-0.25, -0.2) is 0 Å². The number of anilines is 4. The number of ether oxygens (including phenoxy) is 1. The number of carbonyl (C=O) groups excluding carboxylic acids is 4. The van der Waals surface area contributed by atoms with E-state index in [1.807, 2.05) is 26.0 Å². The monoisotopic (exact) mass is 818 g/mol. The van der Waals surface area contributed by atoms with Crippen LogP contribution < -0.4 is 30.5 Å². The first-order valence-electron chi connectivity index (χ1n) is 19.0. The Morgan fingerprint density at radius 2 is 1.69 bits per heavy atom. The minimum atomic E-state index is -4.80. The van der Waals surface area contributed by atoms with Crippen molar-refractivity contribution < 1.29 is 37.1 Å². The van der Waals surface area contributed by atoms with Crippen molar-refractivity contribution >= 4 is 63.7 Å². The molecule has 0 aromatic heterocycles. The van der Waals surface area contributed by atoms with Crippen molar-refractivity contribution in [3.05, 3.63) is 77.4 Å². The lowest BCUT2D eigenvalue weighted by Crippen LogP contribution is -2.49. The van der Waals surface area contributed by atoms with Gasteiger partial charge in [0.05, 0.1) is 29.4 Å². The van der Waals surface area contributed by atoms with E-state index in [0.29, 0.717) is 55.5 Å². The number of nitriles is 1. The van der Waals surface area contributed by atoms with Gasteiger partial charge in [-0.1, -0.05) is 19.9 Å². The average Bonchev–Trinajstić information content (AvgIpc) is 3.34. The Morgan fingerprint density at radius 3 is 2.36 bits per heavy atom. The van der Waals surface area contributed by atoms with Gasteiger partial charge in [-0.15, -0.1) is 0 Å². The zero-order valence-corrected chi connectivity index (χ0v) is 33.4. The van der Waals surface area contributed by atoms with Crippen molar-refractivity contribution in [3.8, 4) is 11.8 Å². The number of rotatable bonds is 12. The van der Waals surface area contributed by atoms with E-state index >= 15 is 0 Å². The molecule has 0 bridgehead atoms. The smallest absolute Gasteiger partial charge is 0.417 e. The van der Waals surface area contributed by atoms with Crippen molar-refractivity contribution in [1.29, 1.82) is 5.26 Å². The van der Waals surface area contributed by atoms with Gasteiger partial charge in [0.1, 0.15) is 23.9 Å². The summed E-state index contributed by atoms with van der Waals surface area (Å²) in [5.41, 5.74) is -0.282. The van der Waals surface area contributed by atoms with Gasteiger partial charge >= 0.3 is 6.18 Å². The van der Waals surface area contributed by atoms with Crippen molar-refractivity contribution in [2.75, 3.05) is 66.3 Å². The molecule has 3 heterocycles. The minimum Gasteiger partial charge on any atom is -0.492 e. The number of hydrogen-bond donors (Lipinski definition) is 3. The molecule has 0 aliphatic carbocycles. The van der Waals surface area contributed by atoms with Crippen LogP contribution in [0.15, 0.2) is 60.7 Å². The van der Waals surface area contributed by atoms with E-state index in [-0.39, 0.29) is 47.4 Å². The van der Waals surface area contributed by atoms with Gasteiger partial charge in [0.15, 0.2) is 5.11 Å². The third-order valence-electron chi connectivity index (χ3n) is 10.5. The van der Waals surface area contributed by atoms with E-state index < -0.39 is 34.8 Å². The van der Waals surface area contributed by atoms with E-state index in [2.05, 4.69) is 25.8 Å². The van der Waals surface area contributed by atoms with Gasteiger partial charge in [0.25, 0.3) is 5.91 Å².